The molecule has 3 nitrogen and oxygen atoms in total. The third kappa shape index (κ3) is 5.78. The minimum absolute atomic E-state index is 0.00800. The molecule has 1 rings (SSSR count). The van der Waals surface area contributed by atoms with Crippen molar-refractivity contribution in [1.82, 2.24) is 5.32 Å². The van der Waals surface area contributed by atoms with Crippen molar-refractivity contribution in [1.29, 1.82) is 0 Å². The third-order valence-corrected chi connectivity index (χ3v) is 3.35. The van der Waals surface area contributed by atoms with Crippen LogP contribution in [0.1, 0.15) is 50.3 Å². The van der Waals surface area contributed by atoms with Gasteiger partial charge in [-0.15, -0.1) is 0 Å². The molecule has 2 N–H and O–H groups in total. The van der Waals surface area contributed by atoms with Gasteiger partial charge in [0, 0.05) is 17.9 Å². The molecule has 0 saturated carbocycles. The zero-order valence-electron chi connectivity index (χ0n) is 13.5. The first kappa shape index (κ1) is 19.4. The van der Waals surface area contributed by atoms with E-state index in [4.69, 9.17) is 9.84 Å². The molecular weight excluding hydrogens is 307 g/mol. The van der Waals surface area contributed by atoms with Gasteiger partial charge in [-0.25, -0.2) is 0 Å². The number of benzene rings is 1. The minimum atomic E-state index is -4.48. The van der Waals surface area contributed by atoms with Crippen molar-refractivity contribution >= 4 is 0 Å². The molecule has 23 heavy (non-hydrogen) atoms. The lowest BCUT2D eigenvalue weighted by atomic mass is 9.99. The molecule has 0 aliphatic rings. The van der Waals surface area contributed by atoms with Crippen LogP contribution in [0.4, 0.5) is 13.2 Å². The molecule has 0 spiro atoms. The number of ether oxygens (including phenoxy) is 1. The van der Waals surface area contributed by atoms with E-state index in [0.29, 0.717) is 30.5 Å². The Morgan fingerprint density at radius 3 is 2.57 bits per heavy atom. The zero-order chi connectivity index (χ0) is 17.5. The molecule has 0 amide bonds. The molecule has 0 aromatic heterocycles. The first-order valence-corrected chi connectivity index (χ1v) is 7.67. The highest BCUT2D eigenvalue weighted by molar-refractivity contribution is 5.45. The van der Waals surface area contributed by atoms with Gasteiger partial charge in [-0.3, -0.25) is 0 Å². The maximum absolute atomic E-state index is 13.3. The summed E-state index contributed by atoms with van der Waals surface area (Å²) in [6, 6.07) is 3.75. The predicted molar refractivity (Wildman–Crippen MR) is 84.2 cm³/mol. The average molecular weight is 331 g/mol. The van der Waals surface area contributed by atoms with Crippen LogP contribution >= 0.6 is 0 Å². The number of rotatable bonds is 9. The molecule has 6 heteroatoms. The van der Waals surface area contributed by atoms with Gasteiger partial charge in [0.1, 0.15) is 5.75 Å². The SMILES string of the molecule is C=C(C)NC(CC)c1cccc(C(F)(F)F)c1OCCCCO. The van der Waals surface area contributed by atoms with Gasteiger partial charge in [0.15, 0.2) is 0 Å². The summed E-state index contributed by atoms with van der Waals surface area (Å²) in [6.45, 7) is 7.52. The van der Waals surface area contributed by atoms with Crippen LogP contribution in [0.25, 0.3) is 0 Å². The van der Waals surface area contributed by atoms with Crippen LogP contribution in [0.3, 0.4) is 0 Å². The zero-order valence-corrected chi connectivity index (χ0v) is 13.5. The minimum Gasteiger partial charge on any atom is -0.493 e. The summed E-state index contributed by atoms with van der Waals surface area (Å²) in [7, 11) is 0. The quantitative estimate of drug-likeness (QED) is 0.658. The van der Waals surface area contributed by atoms with Gasteiger partial charge in [0.05, 0.1) is 18.2 Å². The van der Waals surface area contributed by atoms with Gasteiger partial charge >= 0.3 is 6.18 Å². The van der Waals surface area contributed by atoms with E-state index < -0.39 is 11.7 Å². The average Bonchev–Trinajstić information content (AvgIpc) is 2.48. The Kier molecular flexibility index (Phi) is 7.42. The molecule has 0 bridgehead atoms. The molecule has 0 aliphatic carbocycles. The number of unbranched alkanes of at least 4 members (excludes halogenated alkanes) is 1. The highest BCUT2D eigenvalue weighted by Crippen LogP contribution is 2.41. The number of nitrogens with one attached hydrogen (secondary N) is 1. The van der Waals surface area contributed by atoms with Crippen molar-refractivity contribution in [3.63, 3.8) is 0 Å². The Morgan fingerprint density at radius 2 is 2.04 bits per heavy atom. The van der Waals surface area contributed by atoms with Crippen LogP contribution in [0, 0.1) is 0 Å². The maximum Gasteiger partial charge on any atom is 0.419 e. The lowest BCUT2D eigenvalue weighted by Gasteiger charge is -2.24. The van der Waals surface area contributed by atoms with Crippen LogP contribution in [-0.2, 0) is 6.18 Å². The van der Waals surface area contributed by atoms with Crippen LogP contribution in [-0.4, -0.2) is 18.3 Å². The topological polar surface area (TPSA) is 41.5 Å². The Hall–Kier alpha value is -1.69. The number of halogens is 3. The van der Waals surface area contributed by atoms with Crippen LogP contribution in [0.2, 0.25) is 0 Å². The summed E-state index contributed by atoms with van der Waals surface area (Å²) < 4.78 is 45.3. The Bertz CT molecular complexity index is 515. The summed E-state index contributed by atoms with van der Waals surface area (Å²) >= 11 is 0. The smallest absolute Gasteiger partial charge is 0.419 e. The second-order valence-electron chi connectivity index (χ2n) is 5.39. The molecule has 0 saturated heterocycles. The van der Waals surface area contributed by atoms with Gasteiger partial charge in [0.2, 0.25) is 0 Å². The number of aliphatic hydroxyl groups is 1. The molecule has 0 aliphatic heterocycles. The summed E-state index contributed by atoms with van der Waals surface area (Å²) in [5.41, 5.74) is 0.371. The number of hydrogen-bond donors (Lipinski definition) is 2. The number of alkyl halides is 3. The van der Waals surface area contributed by atoms with Crippen molar-refractivity contribution in [2.45, 2.75) is 45.3 Å². The second-order valence-corrected chi connectivity index (χ2v) is 5.39. The largest absolute Gasteiger partial charge is 0.493 e. The standard InChI is InChI=1S/C17H24F3NO2/c1-4-15(21-12(2)3)13-8-7-9-14(17(18,19)20)16(13)23-11-6-5-10-22/h7-9,15,21-22H,2,4-6,10-11H2,1,3H3. The van der Waals surface area contributed by atoms with Crippen molar-refractivity contribution in [3.8, 4) is 5.75 Å². The number of para-hydroxylation sites is 1. The van der Waals surface area contributed by atoms with Crippen LogP contribution in [0.5, 0.6) is 5.75 Å². The number of aliphatic hydroxyl groups excluding tert-OH is 1. The summed E-state index contributed by atoms with van der Waals surface area (Å²) in [4.78, 5) is 0. The van der Waals surface area contributed by atoms with Crippen LogP contribution < -0.4 is 10.1 Å². The monoisotopic (exact) mass is 331 g/mol. The molecule has 1 aromatic rings. The maximum atomic E-state index is 13.3. The van der Waals surface area contributed by atoms with E-state index in [1.807, 2.05) is 6.92 Å². The lowest BCUT2D eigenvalue weighted by molar-refractivity contribution is -0.139. The molecule has 130 valence electrons. The fourth-order valence-corrected chi connectivity index (χ4v) is 2.30. The fourth-order valence-electron chi connectivity index (χ4n) is 2.30. The summed E-state index contributed by atoms with van der Waals surface area (Å²) in [6.07, 6.45) is -2.90. The first-order chi connectivity index (χ1) is 10.8. The normalized spacial score (nSPS) is 12.8. The van der Waals surface area contributed by atoms with Crippen molar-refractivity contribution in [2.24, 2.45) is 0 Å². The van der Waals surface area contributed by atoms with Crippen molar-refractivity contribution in [3.05, 3.63) is 41.6 Å². The van der Waals surface area contributed by atoms with Gasteiger partial charge in [-0.05, 0) is 32.3 Å². The number of hydrogen-bond acceptors (Lipinski definition) is 3. The predicted octanol–water partition coefficient (Wildman–Crippen LogP) is 4.43. The Labute approximate surface area is 135 Å². The van der Waals surface area contributed by atoms with Gasteiger partial charge < -0.3 is 15.2 Å². The molecule has 0 radical (unpaired) electrons. The molecule has 1 aromatic carbocycles. The molecule has 0 heterocycles. The van der Waals surface area contributed by atoms with Gasteiger partial charge in [-0.2, -0.15) is 13.2 Å². The molecule has 1 atom stereocenters. The molecule has 1 unspecified atom stereocenters. The van der Waals surface area contributed by atoms with E-state index in [9.17, 15) is 13.2 Å². The van der Waals surface area contributed by atoms with Crippen molar-refractivity contribution < 1.29 is 23.0 Å². The summed E-state index contributed by atoms with van der Waals surface area (Å²) in [5, 5.41) is 11.9. The fraction of sp³-hybridized carbons (Fsp3) is 0.529. The van der Waals surface area contributed by atoms with Gasteiger partial charge in [0.25, 0.3) is 0 Å². The lowest BCUT2D eigenvalue weighted by Crippen LogP contribution is -2.21. The first-order valence-electron chi connectivity index (χ1n) is 7.67. The van der Waals surface area contributed by atoms with Gasteiger partial charge in [-0.1, -0.05) is 25.6 Å². The van der Waals surface area contributed by atoms with Crippen molar-refractivity contribution in [2.75, 3.05) is 13.2 Å². The Morgan fingerprint density at radius 1 is 1.35 bits per heavy atom. The van der Waals surface area contributed by atoms with E-state index in [2.05, 4.69) is 11.9 Å². The van der Waals surface area contributed by atoms with E-state index >= 15 is 0 Å². The second kappa shape index (κ2) is 8.82. The van der Waals surface area contributed by atoms with E-state index in [1.54, 1.807) is 13.0 Å². The van der Waals surface area contributed by atoms with E-state index in [-0.39, 0.29) is 25.0 Å². The van der Waals surface area contributed by atoms with E-state index in [0.717, 1.165) is 6.07 Å². The highest BCUT2D eigenvalue weighted by atomic mass is 19.4. The molecule has 0 fully saturated rings. The number of allylic oxidation sites excluding steroid dienone is 1. The highest BCUT2D eigenvalue weighted by Gasteiger charge is 2.36. The molecular formula is C17H24F3NO2. The third-order valence-electron chi connectivity index (χ3n) is 3.35. The van der Waals surface area contributed by atoms with E-state index in [1.165, 1.54) is 6.07 Å². The van der Waals surface area contributed by atoms with Crippen LogP contribution in [0.15, 0.2) is 30.5 Å². The summed E-state index contributed by atoms with van der Waals surface area (Å²) in [5.74, 6) is -0.140. The Balaban J connectivity index is 3.18.